The van der Waals surface area contributed by atoms with E-state index in [0.717, 1.165) is 37.4 Å². The largest absolute Gasteiger partial charge is 0.500 e. The van der Waals surface area contributed by atoms with E-state index in [1.807, 2.05) is 0 Å². The maximum atomic E-state index is 5.58. The molecule has 0 amide bonds. The summed E-state index contributed by atoms with van der Waals surface area (Å²) in [6.45, 7) is 0. The highest BCUT2D eigenvalue weighted by Gasteiger charge is 2.39. The second-order valence-corrected chi connectivity index (χ2v) is 20.2. The van der Waals surface area contributed by atoms with Crippen LogP contribution in [-0.2, 0) is 39.8 Å². The molecule has 0 aliphatic carbocycles. The number of hydrogen-bond acceptors (Lipinski definition) is 9. The van der Waals surface area contributed by atoms with Crippen molar-refractivity contribution in [2.75, 3.05) is 64.0 Å². The van der Waals surface area contributed by atoms with Crippen LogP contribution in [0.3, 0.4) is 0 Å². The topological polar surface area (TPSA) is 83.1 Å². The van der Waals surface area contributed by atoms with Crippen LogP contribution in [0.15, 0.2) is 0 Å². The van der Waals surface area contributed by atoms with Crippen molar-refractivity contribution in [1.82, 2.24) is 0 Å². The lowest BCUT2D eigenvalue weighted by Gasteiger charge is -2.27. The maximum absolute atomic E-state index is 5.58. The van der Waals surface area contributed by atoms with Gasteiger partial charge in [-0.1, -0.05) is 37.4 Å². The Hall–Kier alpha value is 0.508. The molecule has 9 nitrogen and oxygen atoms in total. The Kier molecular flexibility index (Phi) is 17.3. The zero-order valence-corrected chi connectivity index (χ0v) is 25.3. The molecule has 13 heteroatoms. The van der Waals surface area contributed by atoms with Gasteiger partial charge < -0.3 is 39.8 Å². The highest BCUT2D eigenvalue weighted by atomic mass is 28.4. The minimum Gasteiger partial charge on any atom is -0.377 e. The highest BCUT2D eigenvalue weighted by Crippen LogP contribution is 2.26. The molecule has 0 aromatic carbocycles. The lowest BCUT2D eigenvalue weighted by molar-refractivity contribution is 0.123. The summed E-state index contributed by atoms with van der Waals surface area (Å²) in [5.74, 6) is 0. The van der Waals surface area contributed by atoms with Crippen molar-refractivity contribution in [3.8, 4) is 0 Å². The van der Waals surface area contributed by atoms with Crippen LogP contribution in [0.2, 0.25) is 36.3 Å². The summed E-state index contributed by atoms with van der Waals surface area (Å²) in [5.41, 5.74) is 0. The fourth-order valence-corrected chi connectivity index (χ4v) is 13.6. The molecule has 0 rings (SSSR count). The fraction of sp³-hybridized carbons (Fsp3) is 1.00. The van der Waals surface area contributed by atoms with Crippen LogP contribution in [0, 0.1) is 0 Å². The summed E-state index contributed by atoms with van der Waals surface area (Å²) in [6.07, 6.45) is 3.13. The van der Waals surface area contributed by atoms with Crippen LogP contribution in [0.5, 0.6) is 0 Å². The van der Waals surface area contributed by atoms with Gasteiger partial charge >= 0.3 is 26.4 Å². The van der Waals surface area contributed by atoms with Gasteiger partial charge in [0.25, 0.3) is 0 Å². The molecule has 0 aliphatic rings. The van der Waals surface area contributed by atoms with Gasteiger partial charge in [-0.2, -0.15) is 0 Å². The van der Waals surface area contributed by atoms with E-state index in [-0.39, 0.29) is 0 Å². The first-order valence-corrected chi connectivity index (χ1v) is 19.0. The predicted molar refractivity (Wildman–Crippen MR) is 130 cm³/mol. The fourth-order valence-electron chi connectivity index (χ4n) is 3.92. The Bertz CT molecular complexity index is 350. The van der Waals surface area contributed by atoms with Crippen LogP contribution in [0.1, 0.15) is 19.3 Å². The van der Waals surface area contributed by atoms with Crippen molar-refractivity contribution in [3.05, 3.63) is 0 Å². The minimum atomic E-state index is -2.53. The van der Waals surface area contributed by atoms with Crippen molar-refractivity contribution >= 4 is 35.2 Å². The first kappa shape index (κ1) is 31.5. The van der Waals surface area contributed by atoms with Gasteiger partial charge in [-0.15, -0.1) is 0 Å². The molecule has 0 radical (unpaired) electrons. The van der Waals surface area contributed by atoms with E-state index in [1.165, 1.54) is 18.1 Å². The molecular weight excluding hydrogens is 473 g/mol. The molecule has 0 atom stereocenters. The molecule has 0 saturated heterocycles. The SMILES string of the molecule is CO[Si](CCC[SiH](CCC[Si](OC)(OC)OC)CCC[Si](OC)(OC)OC)(OC)OC. The average molecular weight is 519 g/mol. The van der Waals surface area contributed by atoms with E-state index in [1.54, 1.807) is 64.0 Å². The van der Waals surface area contributed by atoms with Crippen molar-refractivity contribution in [1.29, 1.82) is 0 Å². The summed E-state index contributed by atoms with van der Waals surface area (Å²) in [4.78, 5) is 0. The van der Waals surface area contributed by atoms with Gasteiger partial charge in [0.2, 0.25) is 0 Å². The maximum Gasteiger partial charge on any atom is 0.500 e. The normalized spacial score (nSPS) is 13.4. The summed E-state index contributed by atoms with van der Waals surface area (Å²) in [7, 11) is 6.42. The molecule has 0 aliphatic heterocycles. The van der Waals surface area contributed by atoms with Gasteiger partial charge in [0.1, 0.15) is 0 Å². The molecule has 0 saturated carbocycles. The van der Waals surface area contributed by atoms with Crippen molar-refractivity contribution in [3.63, 3.8) is 0 Å². The number of rotatable bonds is 21. The smallest absolute Gasteiger partial charge is 0.377 e. The first-order chi connectivity index (χ1) is 14.8. The van der Waals surface area contributed by atoms with Crippen LogP contribution < -0.4 is 0 Å². The Morgan fingerprint density at radius 3 is 0.742 bits per heavy atom. The molecule has 0 unspecified atom stereocenters. The molecule has 0 heterocycles. The molecule has 0 spiro atoms. The zero-order chi connectivity index (χ0) is 23.8. The molecule has 0 fully saturated rings. The average Bonchev–Trinajstić information content (AvgIpc) is 2.83. The summed E-state index contributed by atoms with van der Waals surface area (Å²) < 4.78 is 50.2. The first-order valence-electron chi connectivity index (χ1n) is 10.8. The van der Waals surface area contributed by atoms with Crippen molar-refractivity contribution in [2.24, 2.45) is 0 Å². The molecule has 0 aromatic heterocycles. The Morgan fingerprint density at radius 1 is 0.387 bits per heavy atom. The van der Waals surface area contributed by atoms with E-state index >= 15 is 0 Å². The highest BCUT2D eigenvalue weighted by molar-refractivity contribution is 6.63. The van der Waals surface area contributed by atoms with Gasteiger partial charge in [0.15, 0.2) is 0 Å². The van der Waals surface area contributed by atoms with Gasteiger partial charge in [-0.25, -0.2) is 0 Å². The third-order valence-corrected chi connectivity index (χ3v) is 18.3. The molecular formula is C18H46O9Si4. The van der Waals surface area contributed by atoms with Crippen molar-refractivity contribution < 1.29 is 39.8 Å². The summed E-state index contributed by atoms with van der Waals surface area (Å²) in [6, 6.07) is 6.11. The molecule has 188 valence electrons. The van der Waals surface area contributed by atoms with E-state index in [9.17, 15) is 0 Å². The Labute approximate surface area is 194 Å². The van der Waals surface area contributed by atoms with Gasteiger partial charge in [-0.3, -0.25) is 0 Å². The standard InChI is InChI=1S/C18H46O9Si4/c1-19-29(20-2,21-3)16-10-13-28(14-11-17-30(22-4,23-5)24-6)15-12-18-31(25-7,26-8)27-9/h28H,10-18H2,1-9H3. The van der Waals surface area contributed by atoms with E-state index in [2.05, 4.69) is 0 Å². The van der Waals surface area contributed by atoms with Gasteiger partial charge in [-0.05, 0) is 0 Å². The van der Waals surface area contributed by atoms with Crippen LogP contribution in [0.4, 0.5) is 0 Å². The summed E-state index contributed by atoms with van der Waals surface area (Å²) in [5, 5.41) is 0. The van der Waals surface area contributed by atoms with Crippen LogP contribution in [-0.4, -0.2) is 99.2 Å². The van der Waals surface area contributed by atoms with E-state index < -0.39 is 35.2 Å². The van der Waals surface area contributed by atoms with Gasteiger partial charge in [0.05, 0.1) is 0 Å². The van der Waals surface area contributed by atoms with E-state index in [4.69, 9.17) is 39.8 Å². The van der Waals surface area contributed by atoms with E-state index in [0.29, 0.717) is 0 Å². The lowest BCUT2D eigenvalue weighted by Crippen LogP contribution is -2.43. The molecule has 0 bridgehead atoms. The zero-order valence-electron chi connectivity index (χ0n) is 21.1. The van der Waals surface area contributed by atoms with Gasteiger partial charge in [0, 0.05) is 90.9 Å². The summed E-state index contributed by atoms with van der Waals surface area (Å²) >= 11 is 0. The molecule has 31 heavy (non-hydrogen) atoms. The Morgan fingerprint density at radius 2 is 0.581 bits per heavy atom. The third-order valence-electron chi connectivity index (χ3n) is 6.09. The molecule has 0 aromatic rings. The van der Waals surface area contributed by atoms with Crippen molar-refractivity contribution in [2.45, 2.75) is 55.5 Å². The Balaban J connectivity index is 4.91. The predicted octanol–water partition coefficient (Wildman–Crippen LogP) is 3.02. The lowest BCUT2D eigenvalue weighted by atomic mass is 10.5. The number of hydrogen-bond donors (Lipinski definition) is 0. The second kappa shape index (κ2) is 17.0. The second-order valence-electron chi connectivity index (χ2n) is 7.43. The van der Waals surface area contributed by atoms with Crippen LogP contribution in [0.25, 0.3) is 0 Å². The molecule has 0 N–H and O–H groups in total. The monoisotopic (exact) mass is 518 g/mol. The minimum absolute atomic E-state index is 0.833. The quantitative estimate of drug-likeness (QED) is 0.213. The third kappa shape index (κ3) is 10.5. The van der Waals surface area contributed by atoms with Crippen LogP contribution >= 0.6 is 0 Å².